The van der Waals surface area contributed by atoms with Crippen molar-refractivity contribution in [2.45, 2.75) is 24.7 Å². The van der Waals surface area contributed by atoms with E-state index in [0.717, 1.165) is 0 Å². The van der Waals surface area contributed by atoms with E-state index < -0.39 is 10.0 Å². The molecule has 7 heteroatoms. The molecule has 0 spiro atoms. The van der Waals surface area contributed by atoms with Gasteiger partial charge < -0.3 is 4.52 Å². The predicted octanol–water partition coefficient (Wildman–Crippen LogP) is 3.36. The quantitative estimate of drug-likeness (QED) is 0.922. The summed E-state index contributed by atoms with van der Waals surface area (Å²) in [6, 6.07) is 8.15. The molecule has 2 rings (SSSR count). The van der Waals surface area contributed by atoms with Crippen molar-refractivity contribution < 1.29 is 12.9 Å². The molecule has 0 aliphatic carbocycles. The Kier molecular flexibility index (Phi) is 3.96. The van der Waals surface area contributed by atoms with Crippen LogP contribution in [0.15, 0.2) is 44.2 Å². The number of rotatable bonds is 4. The average molecular weight is 345 g/mol. The van der Waals surface area contributed by atoms with Gasteiger partial charge in [-0.05, 0) is 34.0 Å². The van der Waals surface area contributed by atoms with E-state index in [1.165, 1.54) is 6.07 Å². The third-order valence-electron chi connectivity index (χ3n) is 2.48. The molecule has 5 nitrogen and oxygen atoms in total. The number of anilines is 1. The van der Waals surface area contributed by atoms with E-state index in [-0.39, 0.29) is 16.7 Å². The molecule has 1 aromatic carbocycles. The molecule has 0 aliphatic rings. The molecule has 0 unspecified atom stereocenters. The normalized spacial score (nSPS) is 11.8. The molecule has 0 saturated heterocycles. The highest BCUT2D eigenvalue weighted by atomic mass is 79.9. The topological polar surface area (TPSA) is 72.2 Å². The van der Waals surface area contributed by atoms with Crippen LogP contribution in [-0.4, -0.2) is 13.6 Å². The highest BCUT2D eigenvalue weighted by Gasteiger charge is 2.19. The van der Waals surface area contributed by atoms with Crippen molar-refractivity contribution in [3.8, 4) is 0 Å². The van der Waals surface area contributed by atoms with Crippen LogP contribution >= 0.6 is 15.9 Å². The predicted molar refractivity (Wildman–Crippen MR) is 75.5 cm³/mol. The van der Waals surface area contributed by atoms with Gasteiger partial charge in [0, 0.05) is 10.5 Å². The Bertz CT molecular complexity index is 680. The molecule has 0 fully saturated rings. The summed E-state index contributed by atoms with van der Waals surface area (Å²) in [4.78, 5) is 0.150. The number of aromatic nitrogens is 1. The van der Waals surface area contributed by atoms with Gasteiger partial charge in [-0.3, -0.25) is 0 Å². The van der Waals surface area contributed by atoms with Crippen molar-refractivity contribution in [3.63, 3.8) is 0 Å². The van der Waals surface area contributed by atoms with E-state index in [1.54, 1.807) is 24.3 Å². The molecule has 1 aromatic heterocycles. The van der Waals surface area contributed by atoms with E-state index in [4.69, 9.17) is 4.52 Å². The Morgan fingerprint density at radius 3 is 2.58 bits per heavy atom. The lowest BCUT2D eigenvalue weighted by Crippen LogP contribution is -2.12. The minimum Gasteiger partial charge on any atom is -0.338 e. The minimum absolute atomic E-state index is 0.111. The van der Waals surface area contributed by atoms with Gasteiger partial charge in [0.05, 0.1) is 5.69 Å². The zero-order chi connectivity index (χ0) is 14.0. The summed E-state index contributed by atoms with van der Waals surface area (Å²) >= 11 is 3.21. The Morgan fingerprint density at radius 2 is 2.00 bits per heavy atom. The van der Waals surface area contributed by atoms with E-state index in [2.05, 4.69) is 25.8 Å². The summed E-state index contributed by atoms with van der Waals surface area (Å²) in [6.07, 6.45) is 0. The molecule has 1 N–H and O–H groups in total. The number of nitrogens with one attached hydrogen (secondary N) is 1. The maximum Gasteiger partial charge on any atom is 0.265 e. The van der Waals surface area contributed by atoms with Crippen molar-refractivity contribution in [3.05, 3.63) is 40.5 Å². The maximum atomic E-state index is 12.2. The fraction of sp³-hybridized carbons (Fsp3) is 0.250. The summed E-state index contributed by atoms with van der Waals surface area (Å²) in [5.41, 5.74) is 0.699. The van der Waals surface area contributed by atoms with Crippen LogP contribution in [0, 0.1) is 0 Å². The summed E-state index contributed by atoms with van der Waals surface area (Å²) in [7, 11) is -3.69. The first-order valence-corrected chi connectivity index (χ1v) is 7.92. The van der Waals surface area contributed by atoms with Crippen LogP contribution in [0.4, 0.5) is 5.88 Å². The van der Waals surface area contributed by atoms with Crippen molar-refractivity contribution in [1.29, 1.82) is 0 Å². The standard InChI is InChI=1S/C12H13BrN2O3S/c1-8(2)10-7-12(18-14-10)15-19(16,17)11-6-4-3-5-9(11)13/h3-8,15H,1-2H3. The van der Waals surface area contributed by atoms with Crippen LogP contribution in [0.1, 0.15) is 25.5 Å². The van der Waals surface area contributed by atoms with Crippen LogP contribution in [-0.2, 0) is 10.0 Å². The van der Waals surface area contributed by atoms with Crippen LogP contribution in [0.25, 0.3) is 0 Å². The number of benzene rings is 1. The molecule has 0 aliphatic heterocycles. The zero-order valence-electron chi connectivity index (χ0n) is 10.4. The van der Waals surface area contributed by atoms with E-state index in [9.17, 15) is 8.42 Å². The van der Waals surface area contributed by atoms with Crippen molar-refractivity contribution >= 4 is 31.8 Å². The highest BCUT2D eigenvalue weighted by molar-refractivity contribution is 9.10. The van der Waals surface area contributed by atoms with E-state index in [1.807, 2.05) is 13.8 Å². The van der Waals surface area contributed by atoms with Crippen molar-refractivity contribution in [2.75, 3.05) is 4.72 Å². The Balaban J connectivity index is 2.29. The van der Waals surface area contributed by atoms with Gasteiger partial charge in [-0.15, -0.1) is 0 Å². The van der Waals surface area contributed by atoms with Crippen LogP contribution in [0.2, 0.25) is 0 Å². The molecular formula is C12H13BrN2O3S. The van der Waals surface area contributed by atoms with Gasteiger partial charge in [0.25, 0.3) is 10.0 Å². The van der Waals surface area contributed by atoms with Crippen molar-refractivity contribution in [2.24, 2.45) is 0 Å². The van der Waals surface area contributed by atoms with Gasteiger partial charge >= 0.3 is 0 Å². The fourth-order valence-corrected chi connectivity index (χ4v) is 3.44. The summed E-state index contributed by atoms with van der Waals surface area (Å²) in [5.74, 6) is 0.282. The molecule has 0 radical (unpaired) electrons. The van der Waals surface area contributed by atoms with E-state index >= 15 is 0 Å². The van der Waals surface area contributed by atoms with Crippen LogP contribution < -0.4 is 4.72 Å². The first-order valence-electron chi connectivity index (χ1n) is 5.64. The fourth-order valence-electron chi connectivity index (χ4n) is 1.46. The number of nitrogens with zero attached hydrogens (tertiary/aromatic N) is 1. The third kappa shape index (κ3) is 3.16. The summed E-state index contributed by atoms with van der Waals surface area (Å²) in [6.45, 7) is 3.90. The number of hydrogen-bond donors (Lipinski definition) is 1. The second-order valence-corrected chi connectivity index (χ2v) is 6.81. The molecule has 102 valence electrons. The molecule has 0 bridgehead atoms. The molecular weight excluding hydrogens is 332 g/mol. The second kappa shape index (κ2) is 5.34. The van der Waals surface area contributed by atoms with Gasteiger partial charge in [-0.1, -0.05) is 31.1 Å². The Hall–Kier alpha value is -1.34. The Labute approximate surface area is 120 Å². The number of halogens is 1. The molecule has 19 heavy (non-hydrogen) atoms. The van der Waals surface area contributed by atoms with Crippen molar-refractivity contribution in [1.82, 2.24) is 5.16 Å². The summed E-state index contributed by atoms with van der Waals surface area (Å²) < 4.78 is 32.2. The minimum atomic E-state index is -3.69. The van der Waals surface area contributed by atoms with Gasteiger partial charge in [0.1, 0.15) is 4.90 Å². The lowest BCUT2D eigenvalue weighted by atomic mass is 10.1. The zero-order valence-corrected chi connectivity index (χ0v) is 12.8. The second-order valence-electron chi connectivity index (χ2n) is 4.31. The largest absolute Gasteiger partial charge is 0.338 e. The lowest BCUT2D eigenvalue weighted by molar-refractivity contribution is 0.423. The van der Waals surface area contributed by atoms with Gasteiger partial charge in [0.15, 0.2) is 0 Å². The average Bonchev–Trinajstić information content (AvgIpc) is 2.77. The summed E-state index contributed by atoms with van der Waals surface area (Å²) in [5, 5.41) is 3.80. The highest BCUT2D eigenvalue weighted by Crippen LogP contribution is 2.25. The lowest BCUT2D eigenvalue weighted by Gasteiger charge is -2.06. The smallest absolute Gasteiger partial charge is 0.265 e. The molecule has 0 saturated carbocycles. The van der Waals surface area contributed by atoms with Crippen LogP contribution in [0.3, 0.4) is 0 Å². The number of sulfonamides is 1. The molecule has 2 aromatic rings. The maximum absolute atomic E-state index is 12.2. The third-order valence-corrected chi connectivity index (χ3v) is 4.84. The van der Waals surface area contributed by atoms with Gasteiger partial charge in [-0.25, -0.2) is 13.1 Å². The SMILES string of the molecule is CC(C)c1cc(NS(=O)(=O)c2ccccc2Br)on1. The Morgan fingerprint density at radius 1 is 1.32 bits per heavy atom. The van der Waals surface area contributed by atoms with Gasteiger partial charge in [0.2, 0.25) is 5.88 Å². The monoisotopic (exact) mass is 344 g/mol. The number of hydrogen-bond acceptors (Lipinski definition) is 4. The first-order chi connectivity index (χ1) is 8.90. The first kappa shape index (κ1) is 14.1. The van der Waals surface area contributed by atoms with E-state index in [0.29, 0.717) is 10.2 Å². The molecule has 1 heterocycles. The van der Waals surface area contributed by atoms with Crippen LogP contribution in [0.5, 0.6) is 0 Å². The molecule has 0 atom stereocenters. The van der Waals surface area contributed by atoms with Gasteiger partial charge in [-0.2, -0.15) is 0 Å². The molecule has 0 amide bonds.